The van der Waals surface area contributed by atoms with Crippen LogP contribution in [0.15, 0.2) is 12.1 Å². The van der Waals surface area contributed by atoms with Crippen LogP contribution in [0.25, 0.3) is 0 Å². The third-order valence-corrected chi connectivity index (χ3v) is 4.15. The van der Waals surface area contributed by atoms with E-state index in [2.05, 4.69) is 17.5 Å². The molecule has 3 N–H and O–H groups in total. The normalized spacial score (nSPS) is 15.5. The number of nitrogens with two attached hydrogens (primary N) is 1. The SMILES string of the molecule is NC(=S)c1ccc(NCCCC2CCCC2)c(F)c1F. The van der Waals surface area contributed by atoms with Gasteiger partial charge in [0.25, 0.3) is 0 Å². The maximum Gasteiger partial charge on any atom is 0.182 e. The Morgan fingerprint density at radius 1 is 1.25 bits per heavy atom. The van der Waals surface area contributed by atoms with Crippen molar-refractivity contribution in [2.45, 2.75) is 38.5 Å². The second-order valence-corrected chi connectivity index (χ2v) is 5.81. The Morgan fingerprint density at radius 3 is 2.60 bits per heavy atom. The van der Waals surface area contributed by atoms with Crippen molar-refractivity contribution in [3.8, 4) is 0 Å². The zero-order chi connectivity index (χ0) is 14.5. The summed E-state index contributed by atoms with van der Waals surface area (Å²) in [7, 11) is 0. The summed E-state index contributed by atoms with van der Waals surface area (Å²) in [6.45, 7) is 0.652. The van der Waals surface area contributed by atoms with Crippen molar-refractivity contribution < 1.29 is 8.78 Å². The van der Waals surface area contributed by atoms with Gasteiger partial charge in [0.2, 0.25) is 0 Å². The summed E-state index contributed by atoms with van der Waals surface area (Å²) in [5.74, 6) is -1.06. The lowest BCUT2D eigenvalue weighted by Gasteiger charge is -2.12. The van der Waals surface area contributed by atoms with E-state index in [1.807, 2.05) is 0 Å². The number of nitrogens with one attached hydrogen (secondary N) is 1. The van der Waals surface area contributed by atoms with Gasteiger partial charge in [0, 0.05) is 12.1 Å². The molecule has 2 nitrogen and oxygen atoms in total. The van der Waals surface area contributed by atoms with E-state index in [9.17, 15) is 8.78 Å². The van der Waals surface area contributed by atoms with Gasteiger partial charge in [0.15, 0.2) is 11.6 Å². The van der Waals surface area contributed by atoms with Gasteiger partial charge in [-0.15, -0.1) is 0 Å². The van der Waals surface area contributed by atoms with Crippen molar-refractivity contribution >= 4 is 22.9 Å². The predicted molar refractivity (Wildman–Crippen MR) is 81.9 cm³/mol. The topological polar surface area (TPSA) is 38.0 Å². The molecule has 1 aromatic rings. The summed E-state index contributed by atoms with van der Waals surface area (Å²) >= 11 is 4.67. The molecule has 0 spiro atoms. The number of rotatable bonds is 6. The minimum atomic E-state index is -0.974. The predicted octanol–water partition coefficient (Wildman–Crippen LogP) is 3.98. The fourth-order valence-electron chi connectivity index (χ4n) is 2.79. The molecule has 1 aliphatic carbocycles. The molecule has 1 aromatic carbocycles. The molecule has 1 fully saturated rings. The lowest BCUT2D eigenvalue weighted by Crippen LogP contribution is -2.14. The van der Waals surface area contributed by atoms with Crippen LogP contribution in [-0.2, 0) is 0 Å². The molecule has 1 saturated carbocycles. The van der Waals surface area contributed by atoms with Crippen LogP contribution in [0, 0.1) is 17.6 Å². The second kappa shape index (κ2) is 6.97. The van der Waals surface area contributed by atoms with Gasteiger partial charge in [-0.2, -0.15) is 0 Å². The van der Waals surface area contributed by atoms with Crippen molar-refractivity contribution in [1.82, 2.24) is 0 Å². The molecule has 5 heteroatoms. The number of anilines is 1. The van der Waals surface area contributed by atoms with Crippen LogP contribution in [0.5, 0.6) is 0 Å². The molecule has 1 aliphatic rings. The standard InChI is InChI=1S/C15H20F2N2S/c16-13-11(15(18)20)7-8-12(14(13)17)19-9-3-6-10-4-1-2-5-10/h7-8,10,19H,1-6,9H2,(H2,18,20). The minimum Gasteiger partial charge on any atom is -0.389 e. The maximum absolute atomic E-state index is 13.8. The Bertz CT molecular complexity index is 485. The highest BCUT2D eigenvalue weighted by Crippen LogP contribution is 2.28. The van der Waals surface area contributed by atoms with Crippen molar-refractivity contribution in [3.63, 3.8) is 0 Å². The summed E-state index contributed by atoms with van der Waals surface area (Å²) in [5, 5.41) is 2.94. The van der Waals surface area contributed by atoms with Gasteiger partial charge in [-0.1, -0.05) is 37.9 Å². The van der Waals surface area contributed by atoms with E-state index in [1.54, 1.807) is 0 Å². The highest BCUT2D eigenvalue weighted by molar-refractivity contribution is 7.80. The molecule has 0 amide bonds. The van der Waals surface area contributed by atoms with Crippen LogP contribution in [0.2, 0.25) is 0 Å². The molecule has 0 aliphatic heterocycles. The van der Waals surface area contributed by atoms with E-state index >= 15 is 0 Å². The second-order valence-electron chi connectivity index (χ2n) is 5.37. The lowest BCUT2D eigenvalue weighted by atomic mass is 10.0. The van der Waals surface area contributed by atoms with E-state index in [0.717, 1.165) is 18.8 Å². The molecular formula is C15H20F2N2S. The number of thiocarbonyl (C=S) groups is 1. The van der Waals surface area contributed by atoms with Crippen LogP contribution in [0.3, 0.4) is 0 Å². The van der Waals surface area contributed by atoms with Crippen LogP contribution in [0.4, 0.5) is 14.5 Å². The van der Waals surface area contributed by atoms with Gasteiger partial charge in [-0.25, -0.2) is 8.78 Å². The Hall–Kier alpha value is -1.23. The van der Waals surface area contributed by atoms with Crippen molar-refractivity contribution in [1.29, 1.82) is 0 Å². The van der Waals surface area contributed by atoms with Crippen LogP contribution < -0.4 is 11.1 Å². The largest absolute Gasteiger partial charge is 0.389 e. The zero-order valence-electron chi connectivity index (χ0n) is 11.4. The Morgan fingerprint density at radius 2 is 1.95 bits per heavy atom. The lowest BCUT2D eigenvalue weighted by molar-refractivity contribution is 0.489. The summed E-state index contributed by atoms with van der Waals surface area (Å²) in [6, 6.07) is 2.91. The molecule has 0 aromatic heterocycles. The molecule has 0 bridgehead atoms. The van der Waals surface area contributed by atoms with Gasteiger partial charge in [-0.05, 0) is 30.9 Å². The highest BCUT2D eigenvalue weighted by atomic mass is 32.1. The van der Waals surface area contributed by atoms with Gasteiger partial charge in [0.05, 0.1) is 5.69 Å². The van der Waals surface area contributed by atoms with Crippen molar-refractivity contribution in [2.24, 2.45) is 11.7 Å². The highest BCUT2D eigenvalue weighted by Gasteiger charge is 2.16. The average molecular weight is 298 g/mol. The molecular weight excluding hydrogens is 278 g/mol. The van der Waals surface area contributed by atoms with Crippen molar-refractivity contribution in [2.75, 3.05) is 11.9 Å². The Balaban J connectivity index is 1.86. The summed E-state index contributed by atoms with van der Waals surface area (Å²) in [5.41, 5.74) is 5.46. The van der Waals surface area contributed by atoms with E-state index in [0.29, 0.717) is 6.54 Å². The molecule has 0 heterocycles. The fourth-order valence-corrected chi connectivity index (χ4v) is 2.95. The first-order chi connectivity index (χ1) is 9.59. The smallest absolute Gasteiger partial charge is 0.182 e. The van der Waals surface area contributed by atoms with E-state index in [1.165, 1.54) is 37.8 Å². The maximum atomic E-state index is 13.8. The Kier molecular flexibility index (Phi) is 5.29. The van der Waals surface area contributed by atoms with Gasteiger partial charge >= 0.3 is 0 Å². The monoisotopic (exact) mass is 298 g/mol. The molecule has 0 atom stereocenters. The third kappa shape index (κ3) is 3.66. The zero-order valence-corrected chi connectivity index (χ0v) is 12.2. The molecule has 0 saturated heterocycles. The number of hydrogen-bond donors (Lipinski definition) is 2. The summed E-state index contributed by atoms with van der Waals surface area (Å²) < 4.78 is 27.5. The number of halogens is 2. The molecule has 0 unspecified atom stereocenters. The van der Waals surface area contributed by atoms with E-state index in [4.69, 9.17) is 5.73 Å². The number of benzene rings is 1. The number of hydrogen-bond acceptors (Lipinski definition) is 2. The van der Waals surface area contributed by atoms with Gasteiger partial charge in [0.1, 0.15) is 4.99 Å². The Labute approximate surface area is 123 Å². The van der Waals surface area contributed by atoms with Gasteiger partial charge < -0.3 is 11.1 Å². The first-order valence-corrected chi connectivity index (χ1v) is 7.52. The average Bonchev–Trinajstić information content (AvgIpc) is 2.92. The quantitative estimate of drug-likeness (QED) is 0.616. The molecule has 20 heavy (non-hydrogen) atoms. The first-order valence-electron chi connectivity index (χ1n) is 7.11. The third-order valence-electron chi connectivity index (χ3n) is 3.93. The van der Waals surface area contributed by atoms with Crippen LogP contribution in [0.1, 0.15) is 44.1 Å². The van der Waals surface area contributed by atoms with Crippen molar-refractivity contribution in [3.05, 3.63) is 29.3 Å². The summed E-state index contributed by atoms with van der Waals surface area (Å²) in [4.78, 5) is -0.130. The molecule has 2 rings (SSSR count). The van der Waals surface area contributed by atoms with Gasteiger partial charge in [-0.3, -0.25) is 0 Å². The van der Waals surface area contributed by atoms with E-state index < -0.39 is 11.6 Å². The first kappa shape index (κ1) is 15.2. The summed E-state index contributed by atoms with van der Waals surface area (Å²) in [6.07, 6.45) is 7.42. The molecule has 110 valence electrons. The fraction of sp³-hybridized carbons (Fsp3) is 0.533. The van der Waals surface area contributed by atoms with E-state index in [-0.39, 0.29) is 16.2 Å². The molecule has 0 radical (unpaired) electrons. The van der Waals surface area contributed by atoms with Crippen LogP contribution in [-0.4, -0.2) is 11.5 Å². The minimum absolute atomic E-state index is 0.0472. The van der Waals surface area contributed by atoms with Crippen LogP contribution >= 0.6 is 12.2 Å².